The number of piperidine rings is 1. The zero-order valence-corrected chi connectivity index (χ0v) is 18.6. The Hall–Kier alpha value is -2.86. The lowest BCUT2D eigenvalue weighted by atomic mass is 9.97. The van der Waals surface area contributed by atoms with Crippen molar-refractivity contribution in [1.29, 1.82) is 0 Å². The van der Waals surface area contributed by atoms with Crippen LogP contribution in [-0.2, 0) is 4.79 Å². The third-order valence-corrected chi connectivity index (χ3v) is 6.37. The molecule has 2 aliphatic heterocycles. The van der Waals surface area contributed by atoms with Gasteiger partial charge >= 0.3 is 0 Å². The summed E-state index contributed by atoms with van der Waals surface area (Å²) in [5.41, 5.74) is 2.89. The number of ether oxygens (including phenoxy) is 2. The predicted molar refractivity (Wildman–Crippen MR) is 122 cm³/mol. The highest BCUT2D eigenvalue weighted by Gasteiger charge is 2.36. The van der Waals surface area contributed by atoms with Gasteiger partial charge in [0.25, 0.3) is 5.91 Å². The summed E-state index contributed by atoms with van der Waals surface area (Å²) in [6.45, 7) is 3.57. The third kappa shape index (κ3) is 4.59. The number of likely N-dealkylation sites (tertiary alicyclic amines) is 1. The van der Waals surface area contributed by atoms with Gasteiger partial charge in [-0.05, 0) is 62.2 Å². The maximum absolute atomic E-state index is 13.4. The molecule has 0 saturated carbocycles. The fraction of sp³-hybridized carbons (Fsp3) is 0.440. The number of amides is 1. The van der Waals surface area contributed by atoms with Crippen molar-refractivity contribution in [2.45, 2.75) is 44.7 Å². The quantitative estimate of drug-likeness (QED) is 0.700. The third-order valence-electron chi connectivity index (χ3n) is 6.37. The Kier molecular flexibility index (Phi) is 6.56. The van der Waals surface area contributed by atoms with Crippen LogP contribution in [0.4, 0.5) is 0 Å². The Balaban J connectivity index is 1.63. The van der Waals surface area contributed by atoms with Crippen LogP contribution in [0.3, 0.4) is 0 Å². The largest absolute Gasteiger partial charge is 0.497 e. The fourth-order valence-electron chi connectivity index (χ4n) is 4.52. The molecule has 164 valence electrons. The van der Waals surface area contributed by atoms with Gasteiger partial charge in [-0.1, -0.05) is 24.6 Å². The molecule has 0 unspecified atom stereocenters. The molecule has 2 aromatic rings. The summed E-state index contributed by atoms with van der Waals surface area (Å²) in [5, 5.41) is 6.49. The molecule has 6 heteroatoms. The molecule has 6 nitrogen and oxygen atoms in total. The summed E-state index contributed by atoms with van der Waals surface area (Å²) in [5.74, 6) is 1.62. The maximum Gasteiger partial charge on any atom is 0.257 e. The van der Waals surface area contributed by atoms with E-state index in [4.69, 9.17) is 14.6 Å². The number of hydrogen-bond donors (Lipinski definition) is 0. The van der Waals surface area contributed by atoms with E-state index in [1.54, 1.807) is 19.2 Å². The lowest BCUT2D eigenvalue weighted by Crippen LogP contribution is -2.44. The van der Waals surface area contributed by atoms with Gasteiger partial charge in [0.15, 0.2) is 0 Å². The van der Waals surface area contributed by atoms with Crippen molar-refractivity contribution in [1.82, 2.24) is 9.91 Å². The van der Waals surface area contributed by atoms with E-state index in [2.05, 4.69) is 11.8 Å². The Morgan fingerprint density at radius 1 is 1.06 bits per heavy atom. The molecule has 1 amide bonds. The van der Waals surface area contributed by atoms with Crippen molar-refractivity contribution < 1.29 is 14.3 Å². The van der Waals surface area contributed by atoms with Crippen LogP contribution in [-0.4, -0.2) is 54.9 Å². The van der Waals surface area contributed by atoms with Gasteiger partial charge in [0.1, 0.15) is 11.5 Å². The predicted octanol–water partition coefficient (Wildman–Crippen LogP) is 4.26. The minimum Gasteiger partial charge on any atom is -0.497 e. The molecule has 31 heavy (non-hydrogen) atoms. The van der Waals surface area contributed by atoms with E-state index in [1.165, 1.54) is 6.42 Å². The Labute approximate surface area is 184 Å². The monoisotopic (exact) mass is 421 g/mol. The van der Waals surface area contributed by atoms with Crippen molar-refractivity contribution in [3.8, 4) is 11.5 Å². The number of hydrazone groups is 1. The zero-order chi connectivity index (χ0) is 21.8. The number of hydrogen-bond acceptors (Lipinski definition) is 5. The average molecular weight is 422 g/mol. The van der Waals surface area contributed by atoms with Crippen LogP contribution in [0.5, 0.6) is 11.5 Å². The smallest absolute Gasteiger partial charge is 0.257 e. The second kappa shape index (κ2) is 9.52. The highest BCUT2D eigenvalue weighted by molar-refractivity contribution is 6.03. The number of carbonyl (C=O) groups is 1. The maximum atomic E-state index is 13.4. The summed E-state index contributed by atoms with van der Waals surface area (Å²) in [6.07, 6.45) is 4.17. The van der Waals surface area contributed by atoms with E-state index >= 15 is 0 Å². The number of para-hydroxylation sites is 1. The van der Waals surface area contributed by atoms with Crippen LogP contribution in [0.15, 0.2) is 53.6 Å². The van der Waals surface area contributed by atoms with Crippen LogP contribution in [0.2, 0.25) is 0 Å². The second-order valence-corrected chi connectivity index (χ2v) is 8.29. The second-order valence-electron chi connectivity index (χ2n) is 8.29. The Morgan fingerprint density at radius 3 is 2.55 bits per heavy atom. The lowest BCUT2D eigenvalue weighted by Gasteiger charge is -2.34. The van der Waals surface area contributed by atoms with Gasteiger partial charge in [0.05, 0.1) is 32.5 Å². The van der Waals surface area contributed by atoms with Crippen molar-refractivity contribution in [2.24, 2.45) is 5.10 Å². The SMILES string of the molecule is COc1ccc(C2=NN(C(=O)CN3CCCC[C@H]3C)[C@H](c3ccccc3OC)C2)cc1. The molecule has 0 aliphatic carbocycles. The van der Waals surface area contributed by atoms with Crippen molar-refractivity contribution in [2.75, 3.05) is 27.3 Å². The summed E-state index contributed by atoms with van der Waals surface area (Å²) < 4.78 is 10.9. The standard InChI is InChI=1S/C25H31N3O3/c1-18-8-6-7-15-27(18)17-25(29)28-23(21-9-4-5-10-24(21)31-3)16-22(26-28)19-11-13-20(30-2)14-12-19/h4-5,9-14,18,23H,6-8,15-17H2,1-3H3/t18-,23+/m1/s1. The van der Waals surface area contributed by atoms with Crippen molar-refractivity contribution in [3.63, 3.8) is 0 Å². The van der Waals surface area contributed by atoms with Gasteiger partial charge in [-0.2, -0.15) is 5.10 Å². The molecule has 0 N–H and O–H groups in total. The first kappa shape index (κ1) is 21.4. The topological polar surface area (TPSA) is 54.4 Å². The Bertz CT molecular complexity index is 941. The molecule has 0 radical (unpaired) electrons. The Morgan fingerprint density at radius 2 is 1.84 bits per heavy atom. The molecule has 2 heterocycles. The summed E-state index contributed by atoms with van der Waals surface area (Å²) in [6, 6.07) is 16.0. The van der Waals surface area contributed by atoms with E-state index in [1.807, 2.05) is 48.5 Å². The van der Waals surface area contributed by atoms with Crippen molar-refractivity contribution >= 4 is 11.6 Å². The first-order valence-corrected chi connectivity index (χ1v) is 11.0. The molecular formula is C25H31N3O3. The van der Waals surface area contributed by atoms with Gasteiger partial charge < -0.3 is 9.47 Å². The number of methoxy groups -OCH3 is 2. The van der Waals surface area contributed by atoms with Crippen LogP contribution in [0, 0.1) is 0 Å². The van der Waals surface area contributed by atoms with E-state index in [9.17, 15) is 4.79 Å². The van der Waals surface area contributed by atoms with Gasteiger partial charge in [-0.15, -0.1) is 0 Å². The van der Waals surface area contributed by atoms with Gasteiger partial charge in [-0.3, -0.25) is 9.69 Å². The average Bonchev–Trinajstić information content (AvgIpc) is 3.26. The molecule has 2 aromatic carbocycles. The highest BCUT2D eigenvalue weighted by Crippen LogP contribution is 2.37. The first-order chi connectivity index (χ1) is 15.1. The molecule has 4 rings (SSSR count). The van der Waals surface area contributed by atoms with Gasteiger partial charge in [0.2, 0.25) is 0 Å². The van der Waals surface area contributed by atoms with Gasteiger partial charge in [-0.25, -0.2) is 5.01 Å². The first-order valence-electron chi connectivity index (χ1n) is 11.0. The summed E-state index contributed by atoms with van der Waals surface area (Å²) in [4.78, 5) is 15.7. The van der Waals surface area contributed by atoms with Gasteiger partial charge in [0, 0.05) is 18.0 Å². The molecular weight excluding hydrogens is 390 g/mol. The summed E-state index contributed by atoms with van der Waals surface area (Å²) >= 11 is 0. The number of benzene rings is 2. The molecule has 0 spiro atoms. The number of carbonyl (C=O) groups excluding carboxylic acids is 1. The lowest BCUT2D eigenvalue weighted by molar-refractivity contribution is -0.135. The highest BCUT2D eigenvalue weighted by atomic mass is 16.5. The van der Waals surface area contributed by atoms with E-state index in [-0.39, 0.29) is 11.9 Å². The van der Waals surface area contributed by atoms with E-state index in [0.717, 1.165) is 47.7 Å². The van der Waals surface area contributed by atoms with Crippen LogP contribution in [0.25, 0.3) is 0 Å². The summed E-state index contributed by atoms with van der Waals surface area (Å²) in [7, 11) is 3.32. The number of nitrogens with zero attached hydrogens (tertiary/aromatic N) is 3. The zero-order valence-electron chi connectivity index (χ0n) is 18.6. The fourth-order valence-corrected chi connectivity index (χ4v) is 4.52. The molecule has 2 aliphatic rings. The van der Waals surface area contributed by atoms with E-state index in [0.29, 0.717) is 19.0 Å². The van der Waals surface area contributed by atoms with Crippen molar-refractivity contribution in [3.05, 3.63) is 59.7 Å². The van der Waals surface area contributed by atoms with Crippen LogP contribution >= 0.6 is 0 Å². The van der Waals surface area contributed by atoms with E-state index < -0.39 is 0 Å². The molecule has 1 saturated heterocycles. The van der Waals surface area contributed by atoms with Crippen LogP contribution in [0.1, 0.15) is 49.8 Å². The minimum atomic E-state index is -0.180. The molecule has 2 atom stereocenters. The molecule has 0 aromatic heterocycles. The minimum absolute atomic E-state index is 0.0353. The number of rotatable bonds is 6. The van der Waals surface area contributed by atoms with Crippen LogP contribution < -0.4 is 9.47 Å². The molecule has 1 fully saturated rings. The molecule has 0 bridgehead atoms. The normalized spacial score (nSPS) is 21.6.